The number of thioether (sulfide) groups is 2. The largest absolute Gasteiger partial charge is 0.325 e. The average molecular weight is 382 g/mol. The molecule has 1 amide bonds. The number of anilines is 1. The lowest BCUT2D eigenvalue weighted by Gasteiger charge is -2.09. The van der Waals surface area contributed by atoms with E-state index in [2.05, 4.69) is 20.8 Å². The number of hydrogen-bond donors (Lipinski definition) is 1. The molecule has 9 heteroatoms. The number of rotatable bonds is 6. The third-order valence-electron chi connectivity index (χ3n) is 3.41. The van der Waals surface area contributed by atoms with Crippen molar-refractivity contribution in [2.75, 3.05) is 11.1 Å². The van der Waals surface area contributed by atoms with Crippen LogP contribution in [0.4, 0.5) is 5.69 Å². The fraction of sp³-hybridized carbons (Fsp3) is 0.118. The van der Waals surface area contributed by atoms with Crippen LogP contribution >= 0.6 is 23.5 Å². The van der Waals surface area contributed by atoms with E-state index in [1.807, 2.05) is 48.7 Å². The van der Waals surface area contributed by atoms with Crippen LogP contribution in [0.2, 0.25) is 0 Å². The Labute approximate surface area is 158 Å². The molecule has 130 valence electrons. The zero-order valence-electron chi connectivity index (χ0n) is 13.8. The SMILES string of the molecule is Cc1cc(SC#N)ccc1NC(=O)CSc1nnnn1-c1ccccc1. The Morgan fingerprint density at radius 1 is 1.27 bits per heavy atom. The number of carbonyl (C=O) groups excluding carboxylic acids is 1. The lowest BCUT2D eigenvalue weighted by molar-refractivity contribution is -0.113. The maximum atomic E-state index is 12.3. The van der Waals surface area contributed by atoms with Crippen LogP contribution in [0.25, 0.3) is 5.69 Å². The maximum absolute atomic E-state index is 12.3. The predicted molar refractivity (Wildman–Crippen MR) is 101 cm³/mol. The molecule has 0 bridgehead atoms. The van der Waals surface area contributed by atoms with Crippen LogP contribution in [0.1, 0.15) is 5.56 Å². The Morgan fingerprint density at radius 3 is 2.81 bits per heavy atom. The van der Waals surface area contributed by atoms with Crippen LogP contribution < -0.4 is 5.32 Å². The van der Waals surface area contributed by atoms with Gasteiger partial charge in [0.25, 0.3) is 0 Å². The summed E-state index contributed by atoms with van der Waals surface area (Å²) >= 11 is 2.35. The molecule has 0 fully saturated rings. The number of nitrogens with zero attached hydrogens (tertiary/aromatic N) is 5. The number of nitrogens with one attached hydrogen (secondary N) is 1. The number of carbonyl (C=O) groups is 1. The van der Waals surface area contributed by atoms with Crippen molar-refractivity contribution in [1.29, 1.82) is 5.26 Å². The summed E-state index contributed by atoms with van der Waals surface area (Å²) in [6, 6.07) is 15.0. The molecule has 26 heavy (non-hydrogen) atoms. The Balaban J connectivity index is 1.62. The van der Waals surface area contributed by atoms with Crippen LogP contribution in [-0.4, -0.2) is 31.9 Å². The smallest absolute Gasteiger partial charge is 0.234 e. The van der Waals surface area contributed by atoms with Crippen molar-refractivity contribution >= 4 is 35.1 Å². The van der Waals surface area contributed by atoms with E-state index in [0.717, 1.165) is 33.6 Å². The fourth-order valence-electron chi connectivity index (χ4n) is 2.21. The van der Waals surface area contributed by atoms with Crippen LogP contribution in [-0.2, 0) is 4.79 Å². The van der Waals surface area contributed by atoms with E-state index in [1.165, 1.54) is 11.8 Å². The van der Waals surface area contributed by atoms with Crippen molar-refractivity contribution in [2.24, 2.45) is 0 Å². The number of amides is 1. The summed E-state index contributed by atoms with van der Waals surface area (Å²) in [6.07, 6.45) is 0. The minimum atomic E-state index is -0.151. The number of benzene rings is 2. The minimum Gasteiger partial charge on any atom is -0.325 e. The highest BCUT2D eigenvalue weighted by Gasteiger charge is 2.12. The standard InChI is InChI=1S/C17H14N6OS2/c1-12-9-14(26-11-18)7-8-15(12)19-16(24)10-25-17-20-21-22-23(17)13-5-3-2-4-6-13/h2-9H,10H2,1H3,(H,19,24). The van der Waals surface area contributed by atoms with E-state index in [-0.39, 0.29) is 11.7 Å². The highest BCUT2D eigenvalue weighted by Crippen LogP contribution is 2.24. The van der Waals surface area contributed by atoms with Gasteiger partial charge in [0.15, 0.2) is 0 Å². The summed E-state index contributed by atoms with van der Waals surface area (Å²) in [5, 5.41) is 25.8. The molecule has 0 radical (unpaired) electrons. The first-order valence-electron chi connectivity index (χ1n) is 7.60. The van der Waals surface area contributed by atoms with Crippen molar-refractivity contribution in [3.05, 3.63) is 54.1 Å². The van der Waals surface area contributed by atoms with Crippen molar-refractivity contribution in [3.63, 3.8) is 0 Å². The normalized spacial score (nSPS) is 10.3. The Hall–Kier alpha value is -2.83. The van der Waals surface area contributed by atoms with Gasteiger partial charge in [0.05, 0.1) is 11.4 Å². The number of aryl methyl sites for hydroxylation is 1. The highest BCUT2D eigenvalue weighted by molar-refractivity contribution is 8.03. The molecule has 0 aliphatic carbocycles. The van der Waals surface area contributed by atoms with Gasteiger partial charge in [-0.05, 0) is 65.0 Å². The van der Waals surface area contributed by atoms with E-state index in [1.54, 1.807) is 16.8 Å². The van der Waals surface area contributed by atoms with Crippen molar-refractivity contribution in [3.8, 4) is 11.1 Å². The molecule has 0 spiro atoms. The van der Waals surface area contributed by atoms with Gasteiger partial charge >= 0.3 is 0 Å². The topological polar surface area (TPSA) is 96.5 Å². The maximum Gasteiger partial charge on any atom is 0.234 e. The number of hydrogen-bond acceptors (Lipinski definition) is 7. The summed E-state index contributed by atoms with van der Waals surface area (Å²) in [5.74, 6) is 0.0304. The third kappa shape index (κ3) is 4.41. The second-order valence-corrected chi connectivity index (χ2v) is 7.02. The number of para-hydroxylation sites is 1. The molecule has 1 N–H and O–H groups in total. The van der Waals surface area contributed by atoms with E-state index in [0.29, 0.717) is 5.16 Å². The molecule has 7 nitrogen and oxygen atoms in total. The van der Waals surface area contributed by atoms with Crippen LogP contribution in [0.5, 0.6) is 0 Å². The predicted octanol–water partition coefficient (Wildman–Crippen LogP) is 3.27. The summed E-state index contributed by atoms with van der Waals surface area (Å²) in [4.78, 5) is 13.1. The summed E-state index contributed by atoms with van der Waals surface area (Å²) < 4.78 is 1.59. The Morgan fingerprint density at radius 2 is 2.08 bits per heavy atom. The summed E-state index contributed by atoms with van der Waals surface area (Å²) in [7, 11) is 0. The zero-order chi connectivity index (χ0) is 18.4. The van der Waals surface area contributed by atoms with E-state index < -0.39 is 0 Å². The monoisotopic (exact) mass is 382 g/mol. The van der Waals surface area contributed by atoms with Gasteiger partial charge in [0.1, 0.15) is 5.40 Å². The second-order valence-electron chi connectivity index (χ2n) is 5.22. The lowest BCUT2D eigenvalue weighted by Crippen LogP contribution is -2.15. The van der Waals surface area contributed by atoms with Gasteiger partial charge in [0.2, 0.25) is 11.1 Å². The van der Waals surface area contributed by atoms with E-state index in [4.69, 9.17) is 5.26 Å². The third-order valence-corrected chi connectivity index (χ3v) is 4.91. The number of aromatic nitrogens is 4. The van der Waals surface area contributed by atoms with E-state index >= 15 is 0 Å². The van der Waals surface area contributed by atoms with Crippen molar-refractivity contribution < 1.29 is 4.79 Å². The molecule has 3 rings (SSSR count). The molecule has 0 aliphatic heterocycles. The molecule has 0 unspecified atom stereocenters. The number of nitriles is 1. The van der Waals surface area contributed by atoms with E-state index in [9.17, 15) is 4.79 Å². The van der Waals surface area contributed by atoms with Crippen molar-refractivity contribution in [2.45, 2.75) is 17.0 Å². The molecule has 1 heterocycles. The van der Waals surface area contributed by atoms with Gasteiger partial charge in [-0.25, -0.2) is 0 Å². The Kier molecular flexibility index (Phi) is 5.88. The number of tetrazole rings is 1. The first kappa shape index (κ1) is 18.0. The molecule has 0 saturated heterocycles. The van der Waals surface area contributed by atoms with Crippen molar-refractivity contribution in [1.82, 2.24) is 20.2 Å². The van der Waals surface area contributed by atoms with Gasteiger partial charge < -0.3 is 5.32 Å². The van der Waals surface area contributed by atoms with Gasteiger partial charge in [0, 0.05) is 10.6 Å². The average Bonchev–Trinajstić information content (AvgIpc) is 3.12. The van der Waals surface area contributed by atoms with Gasteiger partial charge in [-0.1, -0.05) is 30.0 Å². The summed E-state index contributed by atoms with van der Waals surface area (Å²) in [5.41, 5.74) is 2.46. The quantitative estimate of drug-likeness (QED) is 0.516. The van der Waals surface area contributed by atoms with Crippen LogP contribution in [0.15, 0.2) is 58.6 Å². The van der Waals surface area contributed by atoms with Crippen LogP contribution in [0, 0.1) is 17.6 Å². The highest BCUT2D eigenvalue weighted by atomic mass is 32.2. The molecular formula is C17H14N6OS2. The molecule has 2 aromatic carbocycles. The minimum absolute atomic E-state index is 0.151. The van der Waals surface area contributed by atoms with Gasteiger partial charge in [-0.2, -0.15) is 9.94 Å². The molecular weight excluding hydrogens is 368 g/mol. The van der Waals surface area contributed by atoms with Gasteiger partial charge in [-0.15, -0.1) is 5.10 Å². The first-order chi connectivity index (χ1) is 12.7. The number of thiocyanates is 1. The molecule has 0 aliphatic rings. The fourth-order valence-corrected chi connectivity index (χ4v) is 3.38. The zero-order valence-corrected chi connectivity index (χ0v) is 15.4. The molecule has 1 aromatic heterocycles. The Bertz CT molecular complexity index is 951. The lowest BCUT2D eigenvalue weighted by atomic mass is 10.2. The summed E-state index contributed by atoms with van der Waals surface area (Å²) in [6.45, 7) is 1.89. The molecule has 0 atom stereocenters. The second kappa shape index (κ2) is 8.51. The van der Waals surface area contributed by atoms with Crippen LogP contribution in [0.3, 0.4) is 0 Å². The first-order valence-corrected chi connectivity index (χ1v) is 9.40. The molecule has 3 aromatic rings. The van der Waals surface area contributed by atoms with Gasteiger partial charge in [-0.3, -0.25) is 4.79 Å². The molecule has 0 saturated carbocycles.